The first-order chi connectivity index (χ1) is 8.95. The summed E-state index contributed by atoms with van der Waals surface area (Å²) in [6.07, 6.45) is -0.00119. The van der Waals surface area contributed by atoms with Crippen LogP contribution in [-0.4, -0.2) is 34.7 Å². The standard InChI is InChI=1S/C15H20N2O2/c1-14(2)10-16-12-15(3,13(18)17(12)14)19-9-11-7-5-4-6-8-11/h4-8,12,16H,9-10H2,1-3H3. The van der Waals surface area contributed by atoms with Crippen LogP contribution >= 0.6 is 0 Å². The molecule has 1 aromatic carbocycles. The summed E-state index contributed by atoms with van der Waals surface area (Å²) in [7, 11) is 0. The summed E-state index contributed by atoms with van der Waals surface area (Å²) in [5.41, 5.74) is 0.244. The molecule has 4 heteroatoms. The molecule has 0 aromatic heterocycles. The van der Waals surface area contributed by atoms with Gasteiger partial charge in [-0.1, -0.05) is 30.3 Å². The number of rotatable bonds is 3. The second-order valence-corrected chi connectivity index (χ2v) is 6.15. The molecule has 2 aliphatic rings. The van der Waals surface area contributed by atoms with E-state index in [1.165, 1.54) is 0 Å². The van der Waals surface area contributed by atoms with E-state index in [4.69, 9.17) is 4.74 Å². The average Bonchev–Trinajstić information content (AvgIpc) is 2.70. The van der Waals surface area contributed by atoms with Gasteiger partial charge in [0.05, 0.1) is 12.1 Å². The summed E-state index contributed by atoms with van der Waals surface area (Å²) >= 11 is 0. The lowest BCUT2D eigenvalue weighted by Gasteiger charge is -2.53. The van der Waals surface area contributed by atoms with Crippen molar-refractivity contribution in [2.24, 2.45) is 0 Å². The van der Waals surface area contributed by atoms with Gasteiger partial charge in [0.2, 0.25) is 0 Å². The minimum absolute atomic E-state index is 0.00119. The number of carbonyl (C=O) groups is 1. The van der Waals surface area contributed by atoms with Gasteiger partial charge in [-0.25, -0.2) is 0 Å². The van der Waals surface area contributed by atoms with Gasteiger partial charge in [-0.3, -0.25) is 10.1 Å². The van der Waals surface area contributed by atoms with Crippen molar-refractivity contribution in [3.05, 3.63) is 35.9 Å². The number of β-lactam (4-membered cyclic amide) rings is 1. The van der Waals surface area contributed by atoms with Crippen molar-refractivity contribution in [3.63, 3.8) is 0 Å². The lowest BCUT2D eigenvalue weighted by atomic mass is 9.87. The molecular weight excluding hydrogens is 240 g/mol. The van der Waals surface area contributed by atoms with Crippen molar-refractivity contribution in [1.82, 2.24) is 10.2 Å². The molecule has 1 aromatic rings. The van der Waals surface area contributed by atoms with Gasteiger partial charge in [-0.2, -0.15) is 0 Å². The molecule has 2 aliphatic heterocycles. The van der Waals surface area contributed by atoms with Gasteiger partial charge >= 0.3 is 0 Å². The van der Waals surface area contributed by atoms with Gasteiger partial charge in [0.25, 0.3) is 5.91 Å². The molecule has 0 radical (unpaired) electrons. The van der Waals surface area contributed by atoms with Crippen molar-refractivity contribution < 1.29 is 9.53 Å². The van der Waals surface area contributed by atoms with Crippen LogP contribution in [0.3, 0.4) is 0 Å². The molecule has 1 amide bonds. The molecule has 0 spiro atoms. The molecule has 4 nitrogen and oxygen atoms in total. The van der Waals surface area contributed by atoms with E-state index in [1.54, 1.807) is 0 Å². The summed E-state index contributed by atoms with van der Waals surface area (Å²) in [6.45, 7) is 7.32. The number of hydrogen-bond donors (Lipinski definition) is 1. The number of nitrogens with one attached hydrogen (secondary N) is 1. The maximum atomic E-state index is 12.4. The van der Waals surface area contributed by atoms with Crippen LogP contribution in [0, 0.1) is 0 Å². The van der Waals surface area contributed by atoms with E-state index >= 15 is 0 Å². The van der Waals surface area contributed by atoms with Crippen molar-refractivity contribution in [2.75, 3.05) is 6.54 Å². The van der Waals surface area contributed by atoms with E-state index in [0.29, 0.717) is 6.61 Å². The Hall–Kier alpha value is -1.39. The Morgan fingerprint density at radius 1 is 1.32 bits per heavy atom. The highest BCUT2D eigenvalue weighted by molar-refractivity contribution is 5.93. The Labute approximate surface area is 113 Å². The third kappa shape index (κ3) is 1.78. The SMILES string of the molecule is CC1(OCc2ccccc2)C(=O)N2C1NCC2(C)C. The highest BCUT2D eigenvalue weighted by Crippen LogP contribution is 2.42. The molecule has 3 rings (SSSR count). The van der Waals surface area contributed by atoms with Gasteiger partial charge < -0.3 is 9.64 Å². The van der Waals surface area contributed by atoms with Crippen molar-refractivity contribution in [1.29, 1.82) is 0 Å². The smallest absolute Gasteiger partial charge is 0.259 e. The number of ether oxygens (including phenoxy) is 1. The van der Waals surface area contributed by atoms with Crippen LogP contribution in [0.25, 0.3) is 0 Å². The molecular formula is C15H20N2O2. The molecule has 0 saturated carbocycles. The van der Waals surface area contributed by atoms with Crippen LogP contribution in [0.1, 0.15) is 26.3 Å². The van der Waals surface area contributed by atoms with Crippen LogP contribution in [0.4, 0.5) is 0 Å². The van der Waals surface area contributed by atoms with Crippen molar-refractivity contribution in [3.8, 4) is 0 Å². The molecule has 0 bridgehead atoms. The molecule has 2 heterocycles. The predicted octanol–water partition coefficient (Wildman–Crippen LogP) is 1.51. The monoisotopic (exact) mass is 260 g/mol. The van der Waals surface area contributed by atoms with Crippen LogP contribution in [-0.2, 0) is 16.1 Å². The highest BCUT2D eigenvalue weighted by atomic mass is 16.5. The number of benzene rings is 1. The number of amides is 1. The van der Waals surface area contributed by atoms with Crippen LogP contribution in [0.15, 0.2) is 30.3 Å². The van der Waals surface area contributed by atoms with Gasteiger partial charge in [-0.15, -0.1) is 0 Å². The Bertz CT molecular complexity index is 500. The van der Waals surface area contributed by atoms with E-state index < -0.39 is 5.60 Å². The number of carbonyl (C=O) groups excluding carboxylic acids is 1. The van der Waals surface area contributed by atoms with Gasteiger partial charge in [0.1, 0.15) is 6.17 Å². The lowest BCUT2D eigenvalue weighted by Crippen LogP contribution is -2.76. The van der Waals surface area contributed by atoms with E-state index in [1.807, 2.05) is 42.2 Å². The summed E-state index contributed by atoms with van der Waals surface area (Å²) in [6, 6.07) is 9.95. The molecule has 2 unspecified atom stereocenters. The first kappa shape index (κ1) is 12.6. The molecule has 2 saturated heterocycles. The van der Waals surface area contributed by atoms with Crippen LogP contribution in [0.2, 0.25) is 0 Å². The summed E-state index contributed by atoms with van der Waals surface area (Å²) in [5.74, 6) is 0.0865. The zero-order valence-corrected chi connectivity index (χ0v) is 11.6. The summed E-state index contributed by atoms with van der Waals surface area (Å²) in [5, 5.41) is 3.38. The predicted molar refractivity (Wildman–Crippen MR) is 72.4 cm³/mol. The number of nitrogens with zero attached hydrogens (tertiary/aromatic N) is 1. The Kier molecular flexibility index (Phi) is 2.69. The normalized spacial score (nSPS) is 32.1. The van der Waals surface area contributed by atoms with Crippen LogP contribution < -0.4 is 5.32 Å². The molecule has 2 fully saturated rings. The summed E-state index contributed by atoms with van der Waals surface area (Å²) in [4.78, 5) is 14.3. The third-order valence-corrected chi connectivity index (χ3v) is 4.19. The molecule has 102 valence electrons. The molecule has 1 N–H and O–H groups in total. The Morgan fingerprint density at radius 2 is 2.00 bits per heavy atom. The largest absolute Gasteiger partial charge is 0.357 e. The number of fused-ring (bicyclic) bond motifs is 1. The minimum Gasteiger partial charge on any atom is -0.357 e. The van der Waals surface area contributed by atoms with Crippen molar-refractivity contribution >= 4 is 5.91 Å². The van der Waals surface area contributed by atoms with Crippen molar-refractivity contribution in [2.45, 2.75) is 44.7 Å². The third-order valence-electron chi connectivity index (χ3n) is 4.19. The summed E-state index contributed by atoms with van der Waals surface area (Å²) < 4.78 is 5.92. The number of hydrogen-bond acceptors (Lipinski definition) is 3. The van der Waals surface area contributed by atoms with Gasteiger partial charge in [0, 0.05) is 6.54 Å². The van der Waals surface area contributed by atoms with E-state index in [9.17, 15) is 4.79 Å². The second-order valence-electron chi connectivity index (χ2n) is 6.15. The van der Waals surface area contributed by atoms with Crippen LogP contribution in [0.5, 0.6) is 0 Å². The maximum Gasteiger partial charge on any atom is 0.259 e. The van der Waals surface area contributed by atoms with Gasteiger partial charge in [-0.05, 0) is 26.3 Å². The second kappa shape index (κ2) is 4.05. The fourth-order valence-electron chi connectivity index (χ4n) is 2.94. The first-order valence-electron chi connectivity index (χ1n) is 6.70. The Balaban J connectivity index is 1.71. The minimum atomic E-state index is -0.733. The molecule has 0 aliphatic carbocycles. The topological polar surface area (TPSA) is 41.6 Å². The zero-order valence-electron chi connectivity index (χ0n) is 11.6. The Morgan fingerprint density at radius 3 is 2.68 bits per heavy atom. The lowest BCUT2D eigenvalue weighted by molar-refractivity contribution is -0.208. The fraction of sp³-hybridized carbons (Fsp3) is 0.533. The van der Waals surface area contributed by atoms with E-state index in [-0.39, 0.29) is 17.6 Å². The quantitative estimate of drug-likeness (QED) is 0.838. The van der Waals surface area contributed by atoms with E-state index in [0.717, 1.165) is 12.1 Å². The molecule has 2 atom stereocenters. The molecule has 19 heavy (non-hydrogen) atoms. The first-order valence-corrected chi connectivity index (χ1v) is 6.70. The fourth-order valence-corrected chi connectivity index (χ4v) is 2.94. The van der Waals surface area contributed by atoms with Gasteiger partial charge in [0.15, 0.2) is 5.60 Å². The zero-order chi connectivity index (χ0) is 13.7. The highest BCUT2D eigenvalue weighted by Gasteiger charge is 2.65. The maximum absolute atomic E-state index is 12.4. The van der Waals surface area contributed by atoms with E-state index in [2.05, 4.69) is 19.2 Å². The average molecular weight is 260 g/mol.